The molecule has 2 aliphatic rings. The van der Waals surface area contributed by atoms with Gasteiger partial charge in [-0.1, -0.05) is 12.1 Å². The number of rotatable bonds is 5. The van der Waals surface area contributed by atoms with E-state index in [0.29, 0.717) is 6.54 Å². The summed E-state index contributed by atoms with van der Waals surface area (Å²) in [6.45, 7) is 4.84. The van der Waals surface area contributed by atoms with E-state index in [9.17, 15) is 4.79 Å². The summed E-state index contributed by atoms with van der Waals surface area (Å²) < 4.78 is 5.51. The predicted octanol–water partition coefficient (Wildman–Crippen LogP) is 2.19. The Bertz CT molecular complexity index is 460. The fourth-order valence-electron chi connectivity index (χ4n) is 3.07. The van der Waals surface area contributed by atoms with Crippen LogP contribution >= 0.6 is 0 Å². The topological polar surface area (TPSA) is 41.6 Å². The van der Waals surface area contributed by atoms with Gasteiger partial charge in [0.05, 0.1) is 6.10 Å². The van der Waals surface area contributed by atoms with Crippen LogP contribution in [0.5, 0.6) is 0 Å². The molecule has 2 fully saturated rings. The van der Waals surface area contributed by atoms with Gasteiger partial charge in [0.25, 0.3) is 5.91 Å². The van der Waals surface area contributed by atoms with Gasteiger partial charge < -0.3 is 10.1 Å². The van der Waals surface area contributed by atoms with E-state index in [1.807, 2.05) is 12.1 Å². The third-order valence-corrected chi connectivity index (χ3v) is 4.34. The zero-order valence-corrected chi connectivity index (χ0v) is 12.5. The number of carbonyl (C=O) groups is 1. The van der Waals surface area contributed by atoms with Gasteiger partial charge in [0.2, 0.25) is 0 Å². The number of amides is 1. The van der Waals surface area contributed by atoms with Crippen LogP contribution in [0.25, 0.3) is 0 Å². The maximum atomic E-state index is 12.1. The van der Waals surface area contributed by atoms with Crippen LogP contribution in [-0.2, 0) is 11.3 Å². The Morgan fingerprint density at radius 2 is 1.95 bits per heavy atom. The molecule has 0 aromatic heterocycles. The number of ether oxygens (including phenoxy) is 1. The van der Waals surface area contributed by atoms with Gasteiger partial charge >= 0.3 is 0 Å². The van der Waals surface area contributed by atoms with Crippen LogP contribution in [0.15, 0.2) is 24.3 Å². The Morgan fingerprint density at radius 1 is 1.19 bits per heavy atom. The second-order valence-corrected chi connectivity index (χ2v) is 6.03. The van der Waals surface area contributed by atoms with Crippen molar-refractivity contribution < 1.29 is 9.53 Å². The minimum atomic E-state index is -0.00165. The third kappa shape index (κ3) is 4.05. The summed E-state index contributed by atoms with van der Waals surface area (Å²) in [5.41, 5.74) is 2.02. The molecule has 21 heavy (non-hydrogen) atoms. The number of nitrogens with one attached hydrogen (secondary N) is 1. The molecule has 0 bridgehead atoms. The van der Waals surface area contributed by atoms with E-state index in [0.717, 1.165) is 31.6 Å². The minimum absolute atomic E-state index is 0.00165. The van der Waals surface area contributed by atoms with Crippen LogP contribution in [0.3, 0.4) is 0 Å². The lowest BCUT2D eigenvalue weighted by Gasteiger charge is -2.15. The lowest BCUT2D eigenvalue weighted by Crippen LogP contribution is -2.31. The second kappa shape index (κ2) is 7.05. The van der Waals surface area contributed by atoms with Gasteiger partial charge in [0, 0.05) is 25.3 Å². The lowest BCUT2D eigenvalue weighted by atomic mass is 10.1. The fraction of sp³-hybridized carbons (Fsp3) is 0.588. The van der Waals surface area contributed by atoms with Crippen molar-refractivity contribution >= 4 is 5.91 Å². The zero-order chi connectivity index (χ0) is 14.5. The van der Waals surface area contributed by atoms with Crippen LogP contribution in [0, 0.1) is 0 Å². The van der Waals surface area contributed by atoms with Gasteiger partial charge in [-0.3, -0.25) is 9.69 Å². The van der Waals surface area contributed by atoms with Crippen molar-refractivity contribution in [2.24, 2.45) is 0 Å². The van der Waals surface area contributed by atoms with Crippen molar-refractivity contribution in [3.63, 3.8) is 0 Å². The monoisotopic (exact) mass is 288 g/mol. The van der Waals surface area contributed by atoms with Gasteiger partial charge in [-0.25, -0.2) is 0 Å². The van der Waals surface area contributed by atoms with E-state index in [1.54, 1.807) is 0 Å². The third-order valence-electron chi connectivity index (χ3n) is 4.34. The van der Waals surface area contributed by atoms with Crippen LogP contribution < -0.4 is 5.32 Å². The van der Waals surface area contributed by atoms with Crippen molar-refractivity contribution in [2.75, 3.05) is 26.2 Å². The van der Waals surface area contributed by atoms with Crippen molar-refractivity contribution in [1.82, 2.24) is 10.2 Å². The summed E-state index contributed by atoms with van der Waals surface area (Å²) in [6.07, 6.45) is 4.97. The number of hydrogen-bond donors (Lipinski definition) is 1. The first-order chi connectivity index (χ1) is 10.3. The van der Waals surface area contributed by atoms with Crippen molar-refractivity contribution in [1.29, 1.82) is 0 Å². The van der Waals surface area contributed by atoms with Gasteiger partial charge in [-0.2, -0.15) is 0 Å². The lowest BCUT2D eigenvalue weighted by molar-refractivity contribution is 0.0858. The Morgan fingerprint density at radius 3 is 2.62 bits per heavy atom. The van der Waals surface area contributed by atoms with Crippen LogP contribution in [0.4, 0.5) is 0 Å². The smallest absolute Gasteiger partial charge is 0.251 e. The Kier molecular flexibility index (Phi) is 4.88. The molecule has 0 spiro atoms. The van der Waals surface area contributed by atoms with Crippen molar-refractivity contribution in [3.8, 4) is 0 Å². The molecular weight excluding hydrogens is 264 g/mol. The highest BCUT2D eigenvalue weighted by Gasteiger charge is 2.17. The summed E-state index contributed by atoms with van der Waals surface area (Å²) >= 11 is 0. The molecular formula is C17H24N2O2. The highest BCUT2D eigenvalue weighted by molar-refractivity contribution is 5.94. The first kappa shape index (κ1) is 14.5. The molecule has 2 saturated heterocycles. The molecule has 2 heterocycles. The van der Waals surface area contributed by atoms with Crippen molar-refractivity contribution in [2.45, 2.75) is 38.3 Å². The molecule has 1 atom stereocenters. The SMILES string of the molecule is O=C(NCC1CCCO1)c1ccc(CN2CCCC2)cc1. The van der Waals surface area contributed by atoms with Gasteiger partial charge in [0.15, 0.2) is 0 Å². The Balaban J connectivity index is 1.49. The molecule has 1 N–H and O–H groups in total. The fourth-order valence-corrected chi connectivity index (χ4v) is 3.07. The molecule has 0 aliphatic carbocycles. The molecule has 4 heteroatoms. The second-order valence-electron chi connectivity index (χ2n) is 6.03. The van der Waals surface area contributed by atoms with E-state index in [4.69, 9.17) is 4.74 Å². The standard InChI is InChI=1S/C17H24N2O2/c20-17(18-12-16-4-3-11-21-16)15-7-5-14(6-8-15)13-19-9-1-2-10-19/h5-8,16H,1-4,9-13H2,(H,18,20). The maximum Gasteiger partial charge on any atom is 0.251 e. The van der Waals surface area contributed by atoms with Gasteiger partial charge in [0.1, 0.15) is 0 Å². The molecule has 2 aliphatic heterocycles. The van der Waals surface area contributed by atoms with Gasteiger partial charge in [-0.05, 0) is 56.5 Å². The minimum Gasteiger partial charge on any atom is -0.376 e. The van der Waals surface area contributed by atoms with Crippen LogP contribution in [0.1, 0.15) is 41.6 Å². The molecule has 0 saturated carbocycles. The largest absolute Gasteiger partial charge is 0.376 e. The first-order valence-corrected chi connectivity index (χ1v) is 8.02. The highest BCUT2D eigenvalue weighted by atomic mass is 16.5. The maximum absolute atomic E-state index is 12.1. The molecule has 1 aromatic rings. The molecule has 1 amide bonds. The average molecular weight is 288 g/mol. The highest BCUT2D eigenvalue weighted by Crippen LogP contribution is 2.14. The summed E-state index contributed by atoms with van der Waals surface area (Å²) in [6, 6.07) is 7.99. The average Bonchev–Trinajstić information content (AvgIpc) is 3.19. The molecule has 0 radical (unpaired) electrons. The molecule has 4 nitrogen and oxygen atoms in total. The summed E-state index contributed by atoms with van der Waals surface area (Å²) in [5, 5.41) is 2.96. The van der Waals surface area contributed by atoms with E-state index < -0.39 is 0 Å². The number of nitrogens with zero attached hydrogens (tertiary/aromatic N) is 1. The number of carbonyl (C=O) groups excluding carboxylic acids is 1. The quantitative estimate of drug-likeness (QED) is 0.903. The summed E-state index contributed by atoms with van der Waals surface area (Å²) in [4.78, 5) is 14.5. The molecule has 1 unspecified atom stereocenters. The Hall–Kier alpha value is -1.39. The molecule has 114 valence electrons. The molecule has 1 aromatic carbocycles. The molecule has 3 rings (SSSR count). The van der Waals surface area contributed by atoms with E-state index in [2.05, 4.69) is 22.3 Å². The van der Waals surface area contributed by atoms with Crippen molar-refractivity contribution in [3.05, 3.63) is 35.4 Å². The number of hydrogen-bond acceptors (Lipinski definition) is 3. The van der Waals surface area contributed by atoms with Gasteiger partial charge in [-0.15, -0.1) is 0 Å². The number of benzene rings is 1. The first-order valence-electron chi connectivity index (χ1n) is 8.02. The summed E-state index contributed by atoms with van der Waals surface area (Å²) in [5.74, 6) is -0.00165. The normalized spacial score (nSPS) is 22.6. The van der Waals surface area contributed by atoms with Crippen LogP contribution in [0.2, 0.25) is 0 Å². The number of likely N-dealkylation sites (tertiary alicyclic amines) is 1. The Labute approximate surface area is 126 Å². The summed E-state index contributed by atoms with van der Waals surface area (Å²) in [7, 11) is 0. The van der Waals surface area contributed by atoms with E-state index in [1.165, 1.54) is 31.5 Å². The van der Waals surface area contributed by atoms with Crippen LogP contribution in [-0.4, -0.2) is 43.2 Å². The van der Waals surface area contributed by atoms with E-state index in [-0.39, 0.29) is 12.0 Å². The predicted molar refractivity (Wildman–Crippen MR) is 82.3 cm³/mol. The van der Waals surface area contributed by atoms with E-state index >= 15 is 0 Å². The zero-order valence-electron chi connectivity index (χ0n) is 12.5.